The molecule has 2 aliphatic rings. The molecule has 3 rings (SSSR count). The minimum atomic E-state index is -4.50. The Morgan fingerprint density at radius 3 is 2.43 bits per heavy atom. The van der Waals surface area contributed by atoms with Gasteiger partial charge < -0.3 is 4.90 Å². The SMILES string of the molecule is O=C(CN1C(=O)SC(=Cc2cccc(C(F)(F)F)c2)C1=O)N1CCCCCC1. The number of alkyl halides is 3. The molecule has 0 bridgehead atoms. The molecule has 2 aliphatic heterocycles. The Bertz CT molecular complexity index is 815. The molecule has 2 heterocycles. The number of rotatable bonds is 3. The number of carbonyl (C=O) groups is 3. The third-order valence-electron chi connectivity index (χ3n) is 4.64. The van der Waals surface area contributed by atoms with Crippen molar-refractivity contribution in [2.45, 2.75) is 31.9 Å². The van der Waals surface area contributed by atoms with E-state index in [1.165, 1.54) is 18.2 Å². The van der Waals surface area contributed by atoms with Gasteiger partial charge in [0.1, 0.15) is 6.54 Å². The van der Waals surface area contributed by atoms with Gasteiger partial charge in [-0.1, -0.05) is 25.0 Å². The van der Waals surface area contributed by atoms with Crippen LogP contribution in [0.5, 0.6) is 0 Å². The fourth-order valence-corrected chi connectivity index (χ4v) is 3.99. The second kappa shape index (κ2) is 8.38. The van der Waals surface area contributed by atoms with E-state index in [2.05, 4.69) is 0 Å². The summed E-state index contributed by atoms with van der Waals surface area (Å²) < 4.78 is 38.5. The molecular weight excluding hydrogens is 393 g/mol. The summed E-state index contributed by atoms with van der Waals surface area (Å²) >= 11 is 0.629. The molecule has 0 unspecified atom stereocenters. The minimum Gasteiger partial charge on any atom is -0.341 e. The largest absolute Gasteiger partial charge is 0.416 e. The van der Waals surface area contributed by atoms with Gasteiger partial charge in [-0.2, -0.15) is 13.2 Å². The highest BCUT2D eigenvalue weighted by Crippen LogP contribution is 2.34. The second-order valence-electron chi connectivity index (χ2n) is 6.69. The Kier molecular flexibility index (Phi) is 6.12. The summed E-state index contributed by atoms with van der Waals surface area (Å²) in [5.41, 5.74) is -0.670. The predicted octanol–water partition coefficient (Wildman–Crippen LogP) is 4.14. The molecule has 1 aromatic rings. The summed E-state index contributed by atoms with van der Waals surface area (Å²) in [6, 6.07) is 4.51. The zero-order valence-corrected chi connectivity index (χ0v) is 15.8. The first kappa shape index (κ1) is 20.4. The lowest BCUT2D eigenvalue weighted by atomic mass is 10.1. The molecule has 28 heavy (non-hydrogen) atoms. The summed E-state index contributed by atoms with van der Waals surface area (Å²) in [6.07, 6.45) is 0.627. The van der Waals surface area contributed by atoms with Crippen molar-refractivity contribution in [3.8, 4) is 0 Å². The van der Waals surface area contributed by atoms with Crippen LogP contribution in [0.3, 0.4) is 0 Å². The molecule has 0 aromatic heterocycles. The number of nitrogens with zero attached hydrogens (tertiary/aromatic N) is 2. The number of halogens is 3. The van der Waals surface area contributed by atoms with E-state index < -0.39 is 22.9 Å². The van der Waals surface area contributed by atoms with Crippen molar-refractivity contribution in [3.63, 3.8) is 0 Å². The maximum absolute atomic E-state index is 12.8. The highest BCUT2D eigenvalue weighted by Gasteiger charge is 2.37. The Labute approximate surface area is 164 Å². The van der Waals surface area contributed by atoms with Gasteiger partial charge in [0.25, 0.3) is 11.1 Å². The van der Waals surface area contributed by atoms with Crippen molar-refractivity contribution in [1.29, 1.82) is 0 Å². The van der Waals surface area contributed by atoms with E-state index in [0.717, 1.165) is 42.7 Å². The van der Waals surface area contributed by atoms with Crippen LogP contribution in [0.15, 0.2) is 29.2 Å². The smallest absolute Gasteiger partial charge is 0.341 e. The molecule has 0 aliphatic carbocycles. The first-order valence-electron chi connectivity index (χ1n) is 8.96. The molecule has 2 fully saturated rings. The summed E-state index contributed by atoms with van der Waals surface area (Å²) in [5.74, 6) is -0.944. The lowest BCUT2D eigenvalue weighted by molar-refractivity contribution is -0.137. The maximum Gasteiger partial charge on any atom is 0.416 e. The van der Waals surface area contributed by atoms with E-state index in [1.54, 1.807) is 4.90 Å². The Morgan fingerprint density at radius 2 is 1.79 bits per heavy atom. The van der Waals surface area contributed by atoms with Gasteiger partial charge in [-0.3, -0.25) is 19.3 Å². The van der Waals surface area contributed by atoms with Gasteiger partial charge >= 0.3 is 6.18 Å². The average Bonchev–Trinajstić information content (AvgIpc) is 2.86. The highest BCUT2D eigenvalue weighted by atomic mass is 32.2. The van der Waals surface area contributed by atoms with Gasteiger partial charge in [0, 0.05) is 13.1 Å². The van der Waals surface area contributed by atoms with Gasteiger partial charge in [-0.05, 0) is 48.4 Å². The van der Waals surface area contributed by atoms with E-state index in [-0.39, 0.29) is 22.9 Å². The summed E-state index contributed by atoms with van der Waals surface area (Å²) in [5, 5.41) is -0.591. The van der Waals surface area contributed by atoms with Crippen LogP contribution < -0.4 is 0 Å². The molecule has 3 amide bonds. The van der Waals surface area contributed by atoms with Crippen LogP contribution >= 0.6 is 11.8 Å². The molecule has 0 N–H and O–H groups in total. The van der Waals surface area contributed by atoms with Gasteiger partial charge in [-0.25, -0.2) is 0 Å². The van der Waals surface area contributed by atoms with Crippen LogP contribution in [-0.4, -0.2) is 46.5 Å². The zero-order valence-electron chi connectivity index (χ0n) is 15.0. The molecule has 150 valence electrons. The number of likely N-dealkylation sites (tertiary alicyclic amines) is 1. The van der Waals surface area contributed by atoms with Crippen LogP contribution in [0.4, 0.5) is 18.0 Å². The van der Waals surface area contributed by atoms with E-state index in [0.29, 0.717) is 24.9 Å². The number of amides is 3. The van der Waals surface area contributed by atoms with Crippen molar-refractivity contribution in [2.75, 3.05) is 19.6 Å². The molecule has 0 atom stereocenters. The lowest BCUT2D eigenvalue weighted by Crippen LogP contribution is -2.42. The maximum atomic E-state index is 12.8. The van der Waals surface area contributed by atoms with Crippen LogP contribution in [0, 0.1) is 0 Å². The summed E-state index contributed by atoms with van der Waals surface area (Å²) in [6.45, 7) is 0.870. The molecule has 0 saturated carbocycles. The number of hydrogen-bond donors (Lipinski definition) is 0. The third-order valence-corrected chi connectivity index (χ3v) is 5.54. The zero-order chi connectivity index (χ0) is 20.3. The van der Waals surface area contributed by atoms with E-state index >= 15 is 0 Å². The van der Waals surface area contributed by atoms with Crippen molar-refractivity contribution in [3.05, 3.63) is 40.3 Å². The first-order valence-corrected chi connectivity index (χ1v) is 9.78. The fraction of sp³-hybridized carbons (Fsp3) is 0.421. The lowest BCUT2D eigenvalue weighted by Gasteiger charge is -2.22. The minimum absolute atomic E-state index is 0.00740. The van der Waals surface area contributed by atoms with Crippen LogP contribution in [0.1, 0.15) is 36.8 Å². The normalized spacial score (nSPS) is 20.0. The average molecular weight is 412 g/mol. The Balaban J connectivity index is 1.72. The van der Waals surface area contributed by atoms with Gasteiger partial charge in [0.15, 0.2) is 0 Å². The number of thioether (sulfide) groups is 1. The monoisotopic (exact) mass is 412 g/mol. The van der Waals surface area contributed by atoms with Crippen molar-refractivity contribution < 1.29 is 27.6 Å². The van der Waals surface area contributed by atoms with Crippen molar-refractivity contribution in [1.82, 2.24) is 9.80 Å². The summed E-state index contributed by atoms with van der Waals surface area (Å²) in [7, 11) is 0. The van der Waals surface area contributed by atoms with Crippen LogP contribution in [-0.2, 0) is 15.8 Å². The first-order chi connectivity index (χ1) is 13.3. The van der Waals surface area contributed by atoms with Crippen LogP contribution in [0.2, 0.25) is 0 Å². The molecule has 9 heteroatoms. The molecule has 1 aromatic carbocycles. The van der Waals surface area contributed by atoms with E-state index in [4.69, 9.17) is 0 Å². The topological polar surface area (TPSA) is 57.7 Å². The Morgan fingerprint density at radius 1 is 1.11 bits per heavy atom. The fourth-order valence-electron chi connectivity index (χ4n) is 3.15. The van der Waals surface area contributed by atoms with Crippen molar-refractivity contribution in [2.24, 2.45) is 0 Å². The molecule has 0 spiro atoms. The Hall–Kier alpha value is -2.29. The standard InChI is InChI=1S/C19H19F3N2O3S/c20-19(21,22)14-7-5-6-13(10-14)11-15-17(26)24(18(27)28-15)12-16(25)23-8-3-1-2-4-9-23/h5-7,10-11H,1-4,8-9,12H2. The number of benzene rings is 1. The predicted molar refractivity (Wildman–Crippen MR) is 99.2 cm³/mol. The van der Waals surface area contributed by atoms with Gasteiger partial charge in [0.2, 0.25) is 5.91 Å². The van der Waals surface area contributed by atoms with E-state index in [9.17, 15) is 27.6 Å². The summed E-state index contributed by atoms with van der Waals surface area (Å²) in [4.78, 5) is 39.7. The van der Waals surface area contributed by atoms with Crippen LogP contribution in [0.25, 0.3) is 6.08 Å². The molecular formula is C19H19F3N2O3S. The van der Waals surface area contributed by atoms with Crippen molar-refractivity contribution >= 4 is 34.9 Å². The van der Waals surface area contributed by atoms with Gasteiger partial charge in [0.05, 0.1) is 10.5 Å². The number of imide groups is 1. The molecule has 5 nitrogen and oxygen atoms in total. The highest BCUT2D eigenvalue weighted by molar-refractivity contribution is 8.18. The quantitative estimate of drug-likeness (QED) is 0.700. The molecule has 2 saturated heterocycles. The third kappa shape index (κ3) is 4.76. The van der Waals surface area contributed by atoms with E-state index in [1.807, 2.05) is 0 Å². The number of hydrogen-bond acceptors (Lipinski definition) is 4. The second-order valence-corrected chi connectivity index (χ2v) is 7.68. The number of carbonyl (C=O) groups excluding carboxylic acids is 3. The molecule has 0 radical (unpaired) electrons. The van der Waals surface area contributed by atoms with Gasteiger partial charge in [-0.15, -0.1) is 0 Å².